The van der Waals surface area contributed by atoms with E-state index >= 15 is 0 Å². The zero-order valence-electron chi connectivity index (χ0n) is 14.4. The number of hydrazone groups is 1. The largest absolute Gasteiger partial charge is 0.507 e. The first-order valence-electron chi connectivity index (χ1n) is 8.73. The summed E-state index contributed by atoms with van der Waals surface area (Å²) in [5, 5.41) is 17.6. The van der Waals surface area contributed by atoms with Crippen molar-refractivity contribution in [2.45, 2.75) is 6.10 Å². The number of amides is 1. The second-order valence-electron chi connectivity index (χ2n) is 6.46. The summed E-state index contributed by atoms with van der Waals surface area (Å²) in [7, 11) is 0. The highest BCUT2D eigenvalue weighted by atomic mass is 16.6. The summed E-state index contributed by atoms with van der Waals surface area (Å²) in [5.74, 6) is 0.130. The maximum atomic E-state index is 12.1. The zero-order valence-corrected chi connectivity index (χ0v) is 14.4. The van der Waals surface area contributed by atoms with Gasteiger partial charge in [0.25, 0.3) is 0 Å². The molecule has 4 rings (SSSR count). The first-order chi connectivity index (χ1) is 12.7. The lowest BCUT2D eigenvalue weighted by Crippen LogP contribution is -2.41. The minimum atomic E-state index is -0.459. The van der Waals surface area contributed by atoms with Crippen LogP contribution in [0.3, 0.4) is 0 Å². The van der Waals surface area contributed by atoms with Crippen LogP contribution in [0.4, 0.5) is 4.79 Å². The normalized spacial score (nSPS) is 21.6. The van der Waals surface area contributed by atoms with Gasteiger partial charge < -0.3 is 14.6 Å². The van der Waals surface area contributed by atoms with Gasteiger partial charge in [0, 0.05) is 25.2 Å². The van der Waals surface area contributed by atoms with E-state index in [1.54, 1.807) is 6.07 Å². The molecule has 26 heavy (non-hydrogen) atoms. The fourth-order valence-corrected chi connectivity index (χ4v) is 3.32. The molecule has 1 unspecified atom stereocenters. The Kier molecular flexibility index (Phi) is 4.73. The van der Waals surface area contributed by atoms with Crippen molar-refractivity contribution in [3.63, 3.8) is 0 Å². The Morgan fingerprint density at radius 1 is 1.19 bits per heavy atom. The molecule has 1 N–H and O–H groups in total. The highest BCUT2D eigenvalue weighted by Gasteiger charge is 2.32. The van der Waals surface area contributed by atoms with Crippen molar-refractivity contribution < 1.29 is 19.4 Å². The van der Waals surface area contributed by atoms with E-state index in [1.165, 1.54) is 11.2 Å². The van der Waals surface area contributed by atoms with E-state index in [9.17, 15) is 9.90 Å². The Morgan fingerprint density at radius 2 is 2.00 bits per heavy atom. The lowest BCUT2D eigenvalue weighted by molar-refractivity contribution is 0.0188. The van der Waals surface area contributed by atoms with Crippen LogP contribution in [-0.4, -0.2) is 72.8 Å². The van der Waals surface area contributed by atoms with Gasteiger partial charge in [0.1, 0.15) is 11.9 Å². The summed E-state index contributed by atoms with van der Waals surface area (Å²) in [5.41, 5.74) is 0.590. The van der Waals surface area contributed by atoms with Crippen LogP contribution in [-0.2, 0) is 9.47 Å². The van der Waals surface area contributed by atoms with E-state index in [-0.39, 0.29) is 11.9 Å². The maximum Gasteiger partial charge on any atom is 0.430 e. The molecule has 2 aromatic carbocycles. The molecule has 0 aromatic heterocycles. The first-order valence-corrected chi connectivity index (χ1v) is 8.73. The molecule has 2 aromatic rings. The lowest BCUT2D eigenvalue weighted by Gasteiger charge is -2.27. The van der Waals surface area contributed by atoms with Crippen molar-refractivity contribution in [2.75, 3.05) is 39.4 Å². The molecule has 1 atom stereocenters. The number of rotatable bonds is 4. The van der Waals surface area contributed by atoms with Crippen molar-refractivity contribution in [3.05, 3.63) is 42.0 Å². The number of phenols is 1. The number of fused-ring (bicyclic) bond motifs is 1. The fourth-order valence-electron chi connectivity index (χ4n) is 3.32. The standard InChI is InChI=1S/C19H21N3O4/c23-18-6-5-14-3-1-2-4-16(14)17(18)11-20-22-13-15(26-19(22)24)12-21-7-9-25-10-8-21/h1-6,11,15,23H,7-10,12-13H2. The van der Waals surface area contributed by atoms with E-state index in [0.717, 1.165) is 23.9 Å². The molecule has 2 fully saturated rings. The molecular formula is C19H21N3O4. The van der Waals surface area contributed by atoms with Gasteiger partial charge in [-0.25, -0.2) is 4.79 Å². The number of hydrogen-bond acceptors (Lipinski definition) is 6. The van der Waals surface area contributed by atoms with Gasteiger partial charge in [-0.05, 0) is 16.8 Å². The van der Waals surface area contributed by atoms with Gasteiger partial charge >= 0.3 is 6.09 Å². The van der Waals surface area contributed by atoms with Crippen molar-refractivity contribution >= 4 is 23.1 Å². The van der Waals surface area contributed by atoms with Crippen LogP contribution in [0.5, 0.6) is 5.75 Å². The second kappa shape index (κ2) is 7.31. The molecule has 0 aliphatic carbocycles. The van der Waals surface area contributed by atoms with Gasteiger partial charge in [0.2, 0.25) is 0 Å². The number of aromatic hydroxyl groups is 1. The fraction of sp³-hybridized carbons (Fsp3) is 0.368. The van der Waals surface area contributed by atoms with Crippen molar-refractivity contribution in [2.24, 2.45) is 5.10 Å². The quantitative estimate of drug-likeness (QED) is 0.850. The number of morpholine rings is 1. The predicted octanol–water partition coefficient (Wildman–Crippen LogP) is 2.03. The second-order valence-corrected chi connectivity index (χ2v) is 6.46. The lowest BCUT2D eigenvalue weighted by atomic mass is 10.0. The van der Waals surface area contributed by atoms with E-state index in [0.29, 0.717) is 31.9 Å². The summed E-state index contributed by atoms with van der Waals surface area (Å²) in [6.45, 7) is 4.20. The molecular weight excluding hydrogens is 334 g/mol. The van der Waals surface area contributed by atoms with E-state index in [2.05, 4.69) is 10.0 Å². The summed E-state index contributed by atoms with van der Waals surface area (Å²) in [4.78, 5) is 14.3. The molecule has 0 saturated carbocycles. The Balaban J connectivity index is 1.47. The maximum absolute atomic E-state index is 12.1. The SMILES string of the molecule is O=C1OC(CN2CCOCC2)CN1N=Cc1c(O)ccc2ccccc12. The van der Waals surface area contributed by atoms with Crippen LogP contribution < -0.4 is 0 Å². The third kappa shape index (κ3) is 3.49. The number of phenolic OH excluding ortho intramolecular Hbond substituents is 1. The molecule has 2 saturated heterocycles. The molecule has 1 amide bonds. The van der Waals surface area contributed by atoms with Gasteiger partial charge in [-0.1, -0.05) is 30.3 Å². The van der Waals surface area contributed by atoms with Gasteiger partial charge in [-0.3, -0.25) is 4.90 Å². The van der Waals surface area contributed by atoms with E-state index in [4.69, 9.17) is 9.47 Å². The average molecular weight is 355 g/mol. The van der Waals surface area contributed by atoms with Crippen LogP contribution in [0.2, 0.25) is 0 Å². The molecule has 2 aliphatic heterocycles. The average Bonchev–Trinajstić information content (AvgIpc) is 3.01. The molecule has 7 nitrogen and oxygen atoms in total. The summed E-state index contributed by atoms with van der Waals surface area (Å²) in [6, 6.07) is 11.2. The Hall–Kier alpha value is -2.64. The van der Waals surface area contributed by atoms with E-state index < -0.39 is 6.09 Å². The van der Waals surface area contributed by atoms with Crippen molar-refractivity contribution in [1.29, 1.82) is 0 Å². The molecule has 0 radical (unpaired) electrons. The number of benzene rings is 2. The Labute approximate surface area is 151 Å². The van der Waals surface area contributed by atoms with Crippen LogP contribution in [0.15, 0.2) is 41.5 Å². The number of ether oxygens (including phenoxy) is 2. The van der Waals surface area contributed by atoms with Crippen LogP contribution in [0.25, 0.3) is 10.8 Å². The molecule has 2 heterocycles. The van der Waals surface area contributed by atoms with Crippen LogP contribution >= 0.6 is 0 Å². The topological polar surface area (TPSA) is 74.6 Å². The third-order valence-corrected chi connectivity index (χ3v) is 4.69. The monoisotopic (exact) mass is 355 g/mol. The number of carbonyl (C=O) groups excluding carboxylic acids is 1. The van der Waals surface area contributed by atoms with Gasteiger partial charge in [-0.15, -0.1) is 0 Å². The summed E-state index contributed by atoms with van der Waals surface area (Å²) in [6.07, 6.45) is 0.855. The highest BCUT2D eigenvalue weighted by Crippen LogP contribution is 2.26. The zero-order chi connectivity index (χ0) is 17.9. The molecule has 0 spiro atoms. The van der Waals surface area contributed by atoms with Gasteiger partial charge in [-0.2, -0.15) is 10.1 Å². The van der Waals surface area contributed by atoms with Crippen molar-refractivity contribution in [1.82, 2.24) is 9.91 Å². The van der Waals surface area contributed by atoms with Gasteiger partial charge in [0.15, 0.2) is 0 Å². The summed E-state index contributed by atoms with van der Waals surface area (Å²) < 4.78 is 10.7. The summed E-state index contributed by atoms with van der Waals surface area (Å²) >= 11 is 0. The minimum Gasteiger partial charge on any atom is -0.507 e. The molecule has 0 bridgehead atoms. The number of carbonyl (C=O) groups is 1. The third-order valence-electron chi connectivity index (χ3n) is 4.69. The predicted molar refractivity (Wildman–Crippen MR) is 97.4 cm³/mol. The van der Waals surface area contributed by atoms with Crippen LogP contribution in [0.1, 0.15) is 5.56 Å². The molecule has 136 valence electrons. The molecule has 2 aliphatic rings. The van der Waals surface area contributed by atoms with Crippen molar-refractivity contribution in [3.8, 4) is 5.75 Å². The Morgan fingerprint density at radius 3 is 2.85 bits per heavy atom. The number of cyclic esters (lactones) is 1. The minimum absolute atomic E-state index is 0.130. The number of hydrogen-bond donors (Lipinski definition) is 1. The van der Waals surface area contributed by atoms with Gasteiger partial charge in [0.05, 0.1) is 26.0 Å². The molecule has 7 heteroatoms. The van der Waals surface area contributed by atoms with E-state index in [1.807, 2.05) is 30.3 Å². The van der Waals surface area contributed by atoms with Crippen LogP contribution in [0, 0.1) is 0 Å². The highest BCUT2D eigenvalue weighted by molar-refractivity contribution is 6.02. The first kappa shape index (κ1) is 16.8. The number of nitrogens with zero attached hydrogens (tertiary/aromatic N) is 3. The smallest absolute Gasteiger partial charge is 0.430 e. The Bertz CT molecular complexity index is 833.